The highest BCUT2D eigenvalue weighted by atomic mass is 32.2. The molecule has 130 valence electrons. The highest BCUT2D eigenvalue weighted by Crippen LogP contribution is 2.59. The second-order valence-corrected chi connectivity index (χ2v) is 8.61. The third kappa shape index (κ3) is 2.41. The van der Waals surface area contributed by atoms with Crippen LogP contribution in [0.25, 0.3) is 0 Å². The molecule has 1 saturated heterocycles. The Labute approximate surface area is 157 Å². The molecule has 4 unspecified atom stereocenters. The summed E-state index contributed by atoms with van der Waals surface area (Å²) < 4.78 is 18.9. The molecular weight excluding hydrogens is 373 g/mol. The van der Waals surface area contributed by atoms with E-state index in [1.165, 1.54) is 35.7 Å². The van der Waals surface area contributed by atoms with Crippen LogP contribution in [-0.2, 0) is 4.79 Å². The van der Waals surface area contributed by atoms with Crippen LogP contribution >= 0.6 is 23.5 Å². The summed E-state index contributed by atoms with van der Waals surface area (Å²) in [6.07, 6.45) is 0. The smallest absolute Gasteiger partial charge is 0.316 e. The minimum absolute atomic E-state index is 0.178. The van der Waals surface area contributed by atoms with Crippen LogP contribution in [0.15, 0.2) is 53.5 Å². The van der Waals surface area contributed by atoms with Crippen molar-refractivity contribution in [2.45, 2.75) is 16.4 Å². The highest BCUT2D eigenvalue weighted by molar-refractivity contribution is 8.21. The first-order valence-corrected chi connectivity index (χ1v) is 9.90. The number of aliphatic imine (C=N–C) groups is 1. The van der Waals surface area contributed by atoms with Crippen LogP contribution in [0, 0.1) is 11.7 Å². The van der Waals surface area contributed by atoms with E-state index in [9.17, 15) is 14.0 Å². The molecule has 7 heteroatoms. The second kappa shape index (κ2) is 5.96. The number of fused-ring (bicyclic) bond motifs is 5. The Hall–Kier alpha value is -2.12. The Morgan fingerprint density at radius 2 is 1.69 bits per heavy atom. The largest absolute Gasteiger partial charge is 0.426 e. The third-order valence-corrected chi connectivity index (χ3v) is 7.54. The zero-order chi connectivity index (χ0) is 17.8. The number of rotatable bonds is 1. The van der Waals surface area contributed by atoms with Gasteiger partial charge in [0, 0.05) is 16.7 Å². The molecule has 3 heterocycles. The van der Waals surface area contributed by atoms with Gasteiger partial charge in [0.25, 0.3) is 0 Å². The molecule has 26 heavy (non-hydrogen) atoms. The van der Waals surface area contributed by atoms with Gasteiger partial charge in [-0.1, -0.05) is 42.1 Å². The maximum atomic E-state index is 13.4. The fraction of sp³-hybridized carbons (Fsp3) is 0.211. The Balaban J connectivity index is 1.67. The molecule has 1 fully saturated rings. The van der Waals surface area contributed by atoms with Crippen molar-refractivity contribution in [3.8, 4) is 5.75 Å². The number of carbonyl (C=O) groups is 2. The minimum Gasteiger partial charge on any atom is -0.426 e. The van der Waals surface area contributed by atoms with Crippen molar-refractivity contribution in [2.75, 3.05) is 0 Å². The summed E-state index contributed by atoms with van der Waals surface area (Å²) in [5.41, 5.74) is 1.75. The van der Waals surface area contributed by atoms with Crippen molar-refractivity contribution < 1.29 is 18.7 Å². The standard InChI is InChI=1S/C19H12FNO3S2/c20-10-7-5-9(6-8-10)15-14-13(16-17(25-15)21-19(23)26-16)11-3-1-2-4-12(11)24-18(14)22/h1-8,13-16H. The Morgan fingerprint density at radius 1 is 0.923 bits per heavy atom. The van der Waals surface area contributed by atoms with Crippen molar-refractivity contribution >= 4 is 39.8 Å². The third-order valence-electron chi connectivity index (χ3n) is 4.92. The monoisotopic (exact) mass is 385 g/mol. The fourth-order valence-corrected chi connectivity index (χ4v) is 6.57. The number of nitrogens with zero attached hydrogens (tertiary/aromatic N) is 1. The van der Waals surface area contributed by atoms with Crippen LogP contribution in [0.5, 0.6) is 5.75 Å². The summed E-state index contributed by atoms with van der Waals surface area (Å²) in [4.78, 5) is 29.0. The molecule has 1 amide bonds. The lowest BCUT2D eigenvalue weighted by atomic mass is 9.77. The lowest BCUT2D eigenvalue weighted by molar-refractivity contribution is -0.141. The molecule has 0 bridgehead atoms. The SMILES string of the molecule is O=C1N=C2SC(c3ccc(F)cc3)C3C(=O)Oc4ccccc4C3C2S1. The number of hydrogen-bond acceptors (Lipinski definition) is 5. The maximum absolute atomic E-state index is 13.4. The van der Waals surface area contributed by atoms with Crippen LogP contribution in [0.2, 0.25) is 0 Å². The summed E-state index contributed by atoms with van der Waals surface area (Å²) in [5.74, 6) is -0.747. The van der Waals surface area contributed by atoms with Crippen LogP contribution in [0.3, 0.4) is 0 Å². The van der Waals surface area contributed by atoms with Crippen molar-refractivity contribution in [1.29, 1.82) is 0 Å². The topological polar surface area (TPSA) is 55.7 Å². The van der Waals surface area contributed by atoms with E-state index in [-0.39, 0.29) is 33.4 Å². The number of ether oxygens (including phenoxy) is 1. The summed E-state index contributed by atoms with van der Waals surface area (Å²) in [7, 11) is 0. The molecular formula is C19H12FNO3S2. The molecule has 2 aromatic carbocycles. The maximum Gasteiger partial charge on any atom is 0.316 e. The fourth-order valence-electron chi connectivity index (χ4n) is 3.82. The molecule has 0 aliphatic carbocycles. The first kappa shape index (κ1) is 16.1. The summed E-state index contributed by atoms with van der Waals surface area (Å²) in [6.45, 7) is 0. The first-order valence-electron chi connectivity index (χ1n) is 8.14. The lowest BCUT2D eigenvalue weighted by Gasteiger charge is -2.42. The number of para-hydroxylation sites is 1. The van der Waals surface area contributed by atoms with Crippen molar-refractivity contribution in [3.63, 3.8) is 0 Å². The van der Waals surface area contributed by atoms with Gasteiger partial charge in [-0.3, -0.25) is 9.59 Å². The average molecular weight is 385 g/mol. The van der Waals surface area contributed by atoms with Gasteiger partial charge in [-0.2, -0.15) is 0 Å². The van der Waals surface area contributed by atoms with E-state index in [4.69, 9.17) is 4.74 Å². The number of thioether (sulfide) groups is 2. The number of esters is 1. The van der Waals surface area contributed by atoms with Crippen molar-refractivity contribution in [3.05, 3.63) is 65.5 Å². The molecule has 3 aliphatic rings. The molecule has 5 rings (SSSR count). The number of carbonyl (C=O) groups excluding carboxylic acids is 2. The van der Waals surface area contributed by atoms with E-state index < -0.39 is 5.92 Å². The van der Waals surface area contributed by atoms with Crippen molar-refractivity contribution in [1.82, 2.24) is 0 Å². The van der Waals surface area contributed by atoms with E-state index in [1.54, 1.807) is 18.2 Å². The van der Waals surface area contributed by atoms with Crippen molar-refractivity contribution in [2.24, 2.45) is 10.9 Å². The predicted molar refractivity (Wildman–Crippen MR) is 99.2 cm³/mol. The van der Waals surface area contributed by atoms with Gasteiger partial charge < -0.3 is 4.74 Å². The number of hydrogen-bond donors (Lipinski definition) is 0. The molecule has 4 nitrogen and oxygen atoms in total. The summed E-state index contributed by atoms with van der Waals surface area (Å²) >= 11 is 2.58. The van der Waals surface area contributed by atoms with Crippen LogP contribution in [-0.4, -0.2) is 21.5 Å². The van der Waals surface area contributed by atoms with Gasteiger partial charge in [-0.05, 0) is 23.8 Å². The van der Waals surface area contributed by atoms with Gasteiger partial charge in [-0.15, -0.1) is 11.8 Å². The van der Waals surface area contributed by atoms with Gasteiger partial charge >= 0.3 is 11.2 Å². The highest BCUT2D eigenvalue weighted by Gasteiger charge is 2.54. The second-order valence-electron chi connectivity index (χ2n) is 6.35. The quantitative estimate of drug-likeness (QED) is 0.532. The normalized spacial score (nSPS) is 29.3. The summed E-state index contributed by atoms with van der Waals surface area (Å²) in [6, 6.07) is 13.6. The molecule has 3 aliphatic heterocycles. The molecule has 2 aromatic rings. The van der Waals surface area contributed by atoms with Gasteiger partial charge in [0.15, 0.2) is 0 Å². The number of benzene rings is 2. The summed E-state index contributed by atoms with van der Waals surface area (Å²) in [5, 5.41) is 0.0543. The van der Waals surface area contributed by atoms with Gasteiger partial charge in [-0.25, -0.2) is 9.38 Å². The molecule has 0 radical (unpaired) electrons. The first-order chi connectivity index (χ1) is 12.6. The zero-order valence-corrected chi connectivity index (χ0v) is 14.9. The Bertz CT molecular complexity index is 960. The average Bonchev–Trinajstić information content (AvgIpc) is 3.01. The molecule has 4 atom stereocenters. The molecule has 0 spiro atoms. The van der Waals surface area contributed by atoms with E-state index in [1.807, 2.05) is 18.2 Å². The Kier molecular flexibility index (Phi) is 3.68. The minimum atomic E-state index is -0.456. The zero-order valence-electron chi connectivity index (χ0n) is 13.3. The number of amides is 1. The predicted octanol–water partition coefficient (Wildman–Crippen LogP) is 4.57. The van der Waals surface area contributed by atoms with Crippen LogP contribution in [0.1, 0.15) is 22.3 Å². The van der Waals surface area contributed by atoms with Gasteiger partial charge in [0.1, 0.15) is 11.6 Å². The van der Waals surface area contributed by atoms with E-state index in [2.05, 4.69) is 4.99 Å². The van der Waals surface area contributed by atoms with E-state index >= 15 is 0 Å². The molecule has 0 aromatic heterocycles. The van der Waals surface area contributed by atoms with Gasteiger partial charge in [0.2, 0.25) is 0 Å². The van der Waals surface area contributed by atoms with Crippen LogP contribution in [0.4, 0.5) is 9.18 Å². The lowest BCUT2D eigenvalue weighted by Crippen LogP contribution is -2.44. The van der Waals surface area contributed by atoms with Gasteiger partial charge in [0.05, 0.1) is 16.2 Å². The Morgan fingerprint density at radius 3 is 2.50 bits per heavy atom. The molecule has 0 N–H and O–H groups in total. The molecule has 0 saturated carbocycles. The number of halogens is 1. The van der Waals surface area contributed by atoms with E-state index in [0.717, 1.165) is 16.2 Å². The van der Waals surface area contributed by atoms with E-state index in [0.29, 0.717) is 5.75 Å². The van der Waals surface area contributed by atoms with Crippen LogP contribution < -0.4 is 4.74 Å².